The Kier molecular flexibility index (Phi) is 9.79. The van der Waals surface area contributed by atoms with Crippen LogP contribution in [-0.2, 0) is 6.54 Å². The maximum atomic E-state index is 3.36. The molecule has 0 saturated heterocycles. The first kappa shape index (κ1) is 23.8. The van der Waals surface area contributed by atoms with Crippen molar-refractivity contribution in [3.63, 3.8) is 0 Å². The van der Waals surface area contributed by atoms with Gasteiger partial charge in [-0.05, 0) is 68.9 Å². The summed E-state index contributed by atoms with van der Waals surface area (Å²) in [5.74, 6) is 0.833. The summed E-state index contributed by atoms with van der Waals surface area (Å²) in [6, 6.07) is 18.1. The minimum Gasteiger partial charge on any atom is -0.364 e. The maximum absolute atomic E-state index is 3.36. The Bertz CT molecular complexity index is 778. The van der Waals surface area contributed by atoms with Crippen molar-refractivity contribution >= 4 is 16.8 Å². The third-order valence-electron chi connectivity index (χ3n) is 4.57. The van der Waals surface area contributed by atoms with Gasteiger partial charge in [-0.25, -0.2) is 0 Å². The van der Waals surface area contributed by atoms with E-state index in [1.165, 1.54) is 33.5 Å². The van der Waals surface area contributed by atoms with Gasteiger partial charge in [-0.2, -0.15) is 0 Å². The van der Waals surface area contributed by atoms with Gasteiger partial charge in [0.15, 0.2) is 0 Å². The number of hydrogen-bond acceptors (Lipinski definition) is 1. The van der Waals surface area contributed by atoms with E-state index in [1.54, 1.807) is 6.08 Å². The third-order valence-corrected chi connectivity index (χ3v) is 4.57. The zero-order valence-corrected chi connectivity index (χ0v) is 19.2. The fourth-order valence-corrected chi connectivity index (χ4v) is 3.20. The standard InChI is InChI=1S/C20H23N.C4H10.C3H6/c1-14(2)21-13-17-9-5-6-10-18(17)15(3)16(4)19-11-7-8-12-20(19)21;1-4(2)3;1-3-2/h5-12,14H,13H2,1-4H3;4H,1-3H3;3H,1H2,2H3/b16-15-;;. The Morgan fingerprint density at radius 3 is 1.79 bits per heavy atom. The zero-order chi connectivity index (χ0) is 21.3. The third kappa shape index (κ3) is 6.41. The second-order valence-corrected chi connectivity index (χ2v) is 8.29. The highest BCUT2D eigenvalue weighted by molar-refractivity contribution is 5.94. The number of para-hydroxylation sites is 1. The molecular formula is C27H39N. The average molecular weight is 378 g/mol. The molecule has 1 heterocycles. The van der Waals surface area contributed by atoms with Gasteiger partial charge in [0.25, 0.3) is 0 Å². The lowest BCUT2D eigenvalue weighted by Gasteiger charge is -2.34. The highest BCUT2D eigenvalue weighted by atomic mass is 15.2. The van der Waals surface area contributed by atoms with Gasteiger partial charge < -0.3 is 4.90 Å². The van der Waals surface area contributed by atoms with Crippen LogP contribution in [0.3, 0.4) is 0 Å². The molecule has 0 saturated carbocycles. The predicted molar refractivity (Wildman–Crippen MR) is 129 cm³/mol. The summed E-state index contributed by atoms with van der Waals surface area (Å²) < 4.78 is 0. The molecule has 0 bridgehead atoms. The Balaban J connectivity index is 0.000000489. The molecule has 0 fully saturated rings. The number of rotatable bonds is 1. The molecule has 0 atom stereocenters. The molecule has 0 spiro atoms. The van der Waals surface area contributed by atoms with E-state index >= 15 is 0 Å². The van der Waals surface area contributed by atoms with Crippen molar-refractivity contribution in [2.45, 2.75) is 68.0 Å². The smallest absolute Gasteiger partial charge is 0.0447 e. The topological polar surface area (TPSA) is 3.24 Å². The van der Waals surface area contributed by atoms with E-state index in [4.69, 9.17) is 0 Å². The first-order valence-corrected chi connectivity index (χ1v) is 10.4. The fraction of sp³-hybridized carbons (Fsp3) is 0.407. The number of benzene rings is 2. The summed E-state index contributed by atoms with van der Waals surface area (Å²) in [6.45, 7) is 21.8. The molecule has 0 aromatic heterocycles. The minimum absolute atomic E-state index is 0.477. The molecule has 1 heteroatoms. The molecule has 0 aliphatic carbocycles. The van der Waals surface area contributed by atoms with Gasteiger partial charge in [-0.15, -0.1) is 6.58 Å². The van der Waals surface area contributed by atoms with E-state index in [2.05, 4.69) is 108 Å². The van der Waals surface area contributed by atoms with E-state index in [0.717, 1.165) is 12.5 Å². The second kappa shape index (κ2) is 11.5. The number of anilines is 1. The molecule has 0 N–H and O–H groups in total. The SMILES string of the molecule is C/C1=C(\C)c2ccccc2N(C(C)C)Cc2ccccc21.C=CC.CC(C)C. The monoisotopic (exact) mass is 377 g/mol. The number of fused-ring (bicyclic) bond motifs is 2. The molecule has 1 nitrogen and oxygen atoms in total. The van der Waals surface area contributed by atoms with Crippen LogP contribution >= 0.6 is 0 Å². The minimum atomic E-state index is 0.477. The summed E-state index contributed by atoms with van der Waals surface area (Å²) in [4.78, 5) is 2.50. The first-order valence-electron chi connectivity index (χ1n) is 10.4. The summed E-state index contributed by atoms with van der Waals surface area (Å²) in [7, 11) is 0. The van der Waals surface area contributed by atoms with Crippen LogP contribution in [0.4, 0.5) is 5.69 Å². The van der Waals surface area contributed by atoms with Gasteiger partial charge in [0.05, 0.1) is 0 Å². The Morgan fingerprint density at radius 1 is 0.821 bits per heavy atom. The highest BCUT2D eigenvalue weighted by Crippen LogP contribution is 2.37. The summed E-state index contributed by atoms with van der Waals surface area (Å²) in [5.41, 5.74) is 8.27. The molecule has 1 aliphatic heterocycles. The van der Waals surface area contributed by atoms with Gasteiger partial charge in [0.1, 0.15) is 0 Å². The lowest BCUT2D eigenvalue weighted by atomic mass is 9.90. The largest absolute Gasteiger partial charge is 0.364 e. The highest BCUT2D eigenvalue weighted by Gasteiger charge is 2.21. The normalized spacial score (nSPS) is 15.3. The van der Waals surface area contributed by atoms with Crippen molar-refractivity contribution in [3.8, 4) is 0 Å². The average Bonchev–Trinajstić information content (AvgIpc) is 2.64. The summed E-state index contributed by atoms with van der Waals surface area (Å²) >= 11 is 0. The van der Waals surface area contributed by atoms with Gasteiger partial charge in [-0.3, -0.25) is 0 Å². The van der Waals surface area contributed by atoms with Crippen LogP contribution in [-0.4, -0.2) is 6.04 Å². The molecule has 0 amide bonds. The Morgan fingerprint density at radius 2 is 1.25 bits per heavy atom. The van der Waals surface area contributed by atoms with Gasteiger partial charge in [0, 0.05) is 23.8 Å². The Hall–Kier alpha value is -2.28. The zero-order valence-electron chi connectivity index (χ0n) is 19.2. The van der Waals surface area contributed by atoms with Crippen molar-refractivity contribution in [2.24, 2.45) is 5.92 Å². The molecule has 152 valence electrons. The number of hydrogen-bond donors (Lipinski definition) is 0. The Labute approximate surface area is 173 Å². The van der Waals surface area contributed by atoms with Crippen molar-refractivity contribution < 1.29 is 0 Å². The van der Waals surface area contributed by atoms with Crippen LogP contribution in [0.1, 0.15) is 72.1 Å². The molecule has 0 unspecified atom stereocenters. The quantitative estimate of drug-likeness (QED) is 0.452. The molecule has 3 rings (SSSR count). The van der Waals surface area contributed by atoms with Crippen molar-refractivity contribution in [1.29, 1.82) is 0 Å². The number of allylic oxidation sites excluding steroid dienone is 3. The van der Waals surface area contributed by atoms with Crippen molar-refractivity contribution in [1.82, 2.24) is 0 Å². The van der Waals surface area contributed by atoms with Crippen LogP contribution in [0.15, 0.2) is 61.2 Å². The lowest BCUT2D eigenvalue weighted by molar-refractivity contribution is 0.680. The van der Waals surface area contributed by atoms with E-state index in [9.17, 15) is 0 Å². The van der Waals surface area contributed by atoms with E-state index in [0.29, 0.717) is 6.04 Å². The molecule has 1 aliphatic rings. The first-order chi connectivity index (χ1) is 13.2. The van der Waals surface area contributed by atoms with Gasteiger partial charge >= 0.3 is 0 Å². The maximum Gasteiger partial charge on any atom is 0.0447 e. The van der Waals surface area contributed by atoms with Crippen LogP contribution in [0, 0.1) is 5.92 Å². The van der Waals surface area contributed by atoms with Crippen LogP contribution in [0.2, 0.25) is 0 Å². The molecule has 0 radical (unpaired) electrons. The van der Waals surface area contributed by atoms with Crippen molar-refractivity contribution in [2.75, 3.05) is 4.90 Å². The van der Waals surface area contributed by atoms with Crippen LogP contribution in [0.5, 0.6) is 0 Å². The molecule has 2 aromatic rings. The van der Waals surface area contributed by atoms with Gasteiger partial charge in [-0.1, -0.05) is 69.3 Å². The summed E-state index contributed by atoms with van der Waals surface area (Å²) in [5, 5.41) is 0. The van der Waals surface area contributed by atoms with E-state index < -0.39 is 0 Å². The van der Waals surface area contributed by atoms with E-state index in [1.807, 2.05) is 6.92 Å². The lowest BCUT2D eigenvalue weighted by Crippen LogP contribution is -2.31. The number of nitrogens with zero attached hydrogens (tertiary/aromatic N) is 1. The van der Waals surface area contributed by atoms with Crippen LogP contribution < -0.4 is 4.90 Å². The second-order valence-electron chi connectivity index (χ2n) is 8.29. The molecule has 2 aromatic carbocycles. The van der Waals surface area contributed by atoms with Crippen LogP contribution in [0.25, 0.3) is 11.1 Å². The molecular weight excluding hydrogens is 338 g/mol. The fourth-order valence-electron chi connectivity index (χ4n) is 3.20. The van der Waals surface area contributed by atoms with Crippen molar-refractivity contribution in [3.05, 3.63) is 77.9 Å². The summed E-state index contributed by atoms with van der Waals surface area (Å²) in [6.07, 6.45) is 1.75. The van der Waals surface area contributed by atoms with Gasteiger partial charge in [0.2, 0.25) is 0 Å². The predicted octanol–water partition coefficient (Wildman–Crippen LogP) is 8.22. The van der Waals surface area contributed by atoms with E-state index in [-0.39, 0.29) is 0 Å². The molecule has 28 heavy (non-hydrogen) atoms.